The molecule has 36 heavy (non-hydrogen) atoms. The summed E-state index contributed by atoms with van der Waals surface area (Å²) in [6.07, 6.45) is 0.913. The Morgan fingerprint density at radius 2 is 1.83 bits per heavy atom. The van der Waals surface area contributed by atoms with E-state index in [9.17, 15) is 31.2 Å². The molecule has 0 saturated heterocycles. The van der Waals surface area contributed by atoms with Crippen molar-refractivity contribution < 1.29 is 36.0 Å². The molecule has 0 amide bonds. The predicted octanol–water partition coefficient (Wildman–Crippen LogP) is 1.72. The molecule has 2 atom stereocenters. The van der Waals surface area contributed by atoms with Gasteiger partial charge in [0, 0.05) is 11.3 Å². The number of carbonyl (C=O) groups is 3. The highest BCUT2D eigenvalue weighted by Crippen LogP contribution is 2.45. The Morgan fingerprint density at radius 3 is 2.44 bits per heavy atom. The normalized spacial score (nSPS) is 22.7. The van der Waals surface area contributed by atoms with Crippen LogP contribution in [0.3, 0.4) is 0 Å². The molecule has 11 nitrogen and oxygen atoms in total. The average molecular weight is 534 g/mol. The van der Waals surface area contributed by atoms with Gasteiger partial charge in [0.05, 0.1) is 19.1 Å². The lowest BCUT2D eigenvalue weighted by Gasteiger charge is -2.41. The molecule has 2 aromatic rings. The zero-order valence-corrected chi connectivity index (χ0v) is 21.4. The Balaban J connectivity index is 1.89. The number of amidine groups is 1. The monoisotopic (exact) mass is 533 g/mol. The smallest absolute Gasteiger partial charge is 0.324 e. The number of rotatable bonds is 5. The van der Waals surface area contributed by atoms with Crippen LogP contribution in [-0.2, 0) is 39.8 Å². The maximum atomic E-state index is 14.0. The lowest BCUT2D eigenvalue weighted by molar-refractivity contribution is -0.155. The number of nitrogens with one attached hydrogen (secondary N) is 2. The van der Waals surface area contributed by atoms with Gasteiger partial charge in [0.2, 0.25) is 10.0 Å². The van der Waals surface area contributed by atoms with Crippen LogP contribution in [-0.4, -0.2) is 53.6 Å². The molecule has 2 unspecified atom stereocenters. The third-order valence-corrected chi connectivity index (χ3v) is 8.16. The second-order valence-corrected chi connectivity index (χ2v) is 12.1. The number of Topliss-reactive ketones (excluding diaryl/α,β-unsaturated/α-hetero) is 2. The standard InChI is InChI=1S/C23H23N3O8S2/c1-12(2)23(22(29)34-3)15-8-6-5-7-14(15)19(27)18(20(23)28)21-24-16-10-9-13(25-35(4,30)31)11-17(16)36(32,33)26-21/h5-12,18,25H,1-4H3,(H,24,26). The van der Waals surface area contributed by atoms with Gasteiger partial charge in [-0.3, -0.25) is 19.1 Å². The van der Waals surface area contributed by atoms with Crippen LogP contribution in [0.4, 0.5) is 11.4 Å². The Hall–Kier alpha value is -3.58. The van der Waals surface area contributed by atoms with Crippen molar-refractivity contribution in [3.8, 4) is 0 Å². The van der Waals surface area contributed by atoms with E-state index in [4.69, 9.17) is 4.74 Å². The number of fused-ring (bicyclic) bond motifs is 2. The van der Waals surface area contributed by atoms with E-state index >= 15 is 0 Å². The molecule has 1 heterocycles. The van der Waals surface area contributed by atoms with Crippen LogP contribution in [0.1, 0.15) is 29.8 Å². The SMILES string of the molecule is COC(=O)C1(C(C)C)C(=O)C(C2=NS(=O)(=O)c3cc(NS(C)(=O)=O)ccc3N2)C(=O)c2ccccc21. The zero-order chi connectivity index (χ0) is 26.6. The second kappa shape index (κ2) is 8.52. The maximum Gasteiger partial charge on any atom is 0.324 e. The summed E-state index contributed by atoms with van der Waals surface area (Å²) in [5.74, 6) is -5.26. The van der Waals surface area contributed by atoms with Crippen LogP contribution < -0.4 is 10.0 Å². The number of ether oxygens (including phenoxy) is 1. The number of anilines is 2. The summed E-state index contributed by atoms with van der Waals surface area (Å²) in [6, 6.07) is 9.83. The lowest BCUT2D eigenvalue weighted by atomic mass is 9.59. The number of ketones is 2. The number of hydrogen-bond donors (Lipinski definition) is 2. The topological polar surface area (TPSA) is 165 Å². The number of carbonyl (C=O) groups excluding carboxylic acids is 3. The van der Waals surface area contributed by atoms with Crippen LogP contribution >= 0.6 is 0 Å². The first kappa shape index (κ1) is 25.5. The van der Waals surface area contributed by atoms with Crippen molar-refractivity contribution >= 4 is 54.8 Å². The summed E-state index contributed by atoms with van der Waals surface area (Å²) < 4.78 is 60.1. The fourth-order valence-corrected chi connectivity index (χ4v) is 6.45. The molecule has 0 bridgehead atoms. The molecule has 2 aliphatic rings. The second-order valence-electron chi connectivity index (χ2n) is 8.82. The van der Waals surface area contributed by atoms with Gasteiger partial charge in [-0.1, -0.05) is 38.1 Å². The van der Waals surface area contributed by atoms with Crippen molar-refractivity contribution in [2.75, 3.05) is 23.4 Å². The van der Waals surface area contributed by atoms with E-state index in [0.29, 0.717) is 0 Å². The van der Waals surface area contributed by atoms with Gasteiger partial charge in [-0.05, 0) is 29.7 Å². The molecule has 2 aromatic carbocycles. The summed E-state index contributed by atoms with van der Waals surface area (Å²) in [6.45, 7) is 3.27. The van der Waals surface area contributed by atoms with Crippen molar-refractivity contribution in [1.82, 2.24) is 0 Å². The highest BCUT2D eigenvalue weighted by Gasteiger charge is 2.60. The number of sulfonamides is 2. The Bertz CT molecular complexity index is 1560. The minimum absolute atomic E-state index is 0.00766. The minimum atomic E-state index is -4.46. The van der Waals surface area contributed by atoms with Crippen molar-refractivity contribution in [2.24, 2.45) is 16.2 Å². The van der Waals surface area contributed by atoms with Gasteiger partial charge in [-0.2, -0.15) is 8.42 Å². The maximum absolute atomic E-state index is 14.0. The highest BCUT2D eigenvalue weighted by molar-refractivity contribution is 7.92. The van der Waals surface area contributed by atoms with Gasteiger partial charge in [0.15, 0.2) is 17.0 Å². The van der Waals surface area contributed by atoms with Gasteiger partial charge in [0.1, 0.15) is 16.6 Å². The molecule has 2 N–H and O–H groups in total. The van der Waals surface area contributed by atoms with Crippen LogP contribution in [0.5, 0.6) is 0 Å². The zero-order valence-electron chi connectivity index (χ0n) is 19.7. The van der Waals surface area contributed by atoms with Gasteiger partial charge in [-0.25, -0.2) is 8.42 Å². The number of nitrogens with zero attached hydrogens (tertiary/aromatic N) is 1. The van der Waals surface area contributed by atoms with Crippen LogP contribution in [0.15, 0.2) is 51.8 Å². The van der Waals surface area contributed by atoms with E-state index < -0.39 is 60.7 Å². The number of benzene rings is 2. The van der Waals surface area contributed by atoms with Crippen LogP contribution in [0, 0.1) is 11.8 Å². The molecule has 0 radical (unpaired) electrons. The predicted molar refractivity (Wildman–Crippen MR) is 131 cm³/mol. The first-order valence-electron chi connectivity index (χ1n) is 10.7. The van der Waals surface area contributed by atoms with E-state index in [2.05, 4.69) is 14.4 Å². The first-order chi connectivity index (χ1) is 16.7. The van der Waals surface area contributed by atoms with E-state index in [0.717, 1.165) is 19.4 Å². The van der Waals surface area contributed by atoms with Crippen LogP contribution in [0.25, 0.3) is 0 Å². The fourth-order valence-electron chi connectivity index (χ4n) is 4.71. The summed E-state index contributed by atoms with van der Waals surface area (Å²) in [5, 5.41) is 2.74. The third kappa shape index (κ3) is 3.88. The molecule has 190 valence electrons. The van der Waals surface area contributed by atoms with Gasteiger partial charge in [-0.15, -0.1) is 4.40 Å². The largest absolute Gasteiger partial charge is 0.468 e. The van der Waals surface area contributed by atoms with Crippen molar-refractivity contribution in [3.05, 3.63) is 53.6 Å². The van der Waals surface area contributed by atoms with Crippen molar-refractivity contribution in [1.29, 1.82) is 0 Å². The molecule has 0 spiro atoms. The molecule has 4 rings (SSSR count). The third-order valence-electron chi connectivity index (χ3n) is 6.22. The van der Waals surface area contributed by atoms with E-state index in [-0.39, 0.29) is 27.4 Å². The van der Waals surface area contributed by atoms with E-state index in [1.165, 1.54) is 24.3 Å². The van der Waals surface area contributed by atoms with Gasteiger partial charge >= 0.3 is 5.97 Å². The quantitative estimate of drug-likeness (QED) is 0.430. The first-order valence-corrected chi connectivity index (χ1v) is 14.1. The molecular formula is C23H23N3O8S2. The van der Waals surface area contributed by atoms with Crippen molar-refractivity contribution in [3.63, 3.8) is 0 Å². The molecule has 1 aliphatic carbocycles. The Kier molecular flexibility index (Phi) is 6.04. The van der Waals surface area contributed by atoms with Crippen LogP contribution in [0.2, 0.25) is 0 Å². The summed E-state index contributed by atoms with van der Waals surface area (Å²) >= 11 is 0. The molecule has 0 fully saturated rings. The number of esters is 1. The van der Waals surface area contributed by atoms with Crippen molar-refractivity contribution in [2.45, 2.75) is 24.2 Å². The minimum Gasteiger partial charge on any atom is -0.468 e. The summed E-state index contributed by atoms with van der Waals surface area (Å²) in [4.78, 5) is 40.3. The van der Waals surface area contributed by atoms with Gasteiger partial charge in [0.25, 0.3) is 10.0 Å². The summed E-state index contributed by atoms with van der Waals surface area (Å²) in [7, 11) is -7.00. The highest BCUT2D eigenvalue weighted by atomic mass is 32.2. The Morgan fingerprint density at radius 1 is 1.17 bits per heavy atom. The average Bonchev–Trinajstić information content (AvgIpc) is 2.78. The van der Waals surface area contributed by atoms with Gasteiger partial charge < -0.3 is 10.1 Å². The Labute approximate surface area is 208 Å². The molecular weight excluding hydrogens is 510 g/mol. The molecule has 0 aromatic heterocycles. The van der Waals surface area contributed by atoms with E-state index in [1.54, 1.807) is 26.0 Å². The lowest BCUT2D eigenvalue weighted by Crippen LogP contribution is -2.59. The van der Waals surface area contributed by atoms with E-state index in [1.807, 2.05) is 0 Å². The molecule has 13 heteroatoms. The number of hydrogen-bond acceptors (Lipinski definition) is 9. The number of methoxy groups -OCH3 is 1. The summed E-state index contributed by atoms with van der Waals surface area (Å²) in [5.41, 5.74) is -1.62. The fraction of sp³-hybridized carbons (Fsp3) is 0.304. The molecule has 1 aliphatic heterocycles. The molecule has 0 saturated carbocycles.